The van der Waals surface area contributed by atoms with Crippen molar-refractivity contribution in [3.63, 3.8) is 0 Å². The lowest BCUT2D eigenvalue weighted by Gasteiger charge is -2.22. The van der Waals surface area contributed by atoms with E-state index in [1.807, 2.05) is 36.4 Å². The van der Waals surface area contributed by atoms with Gasteiger partial charge in [0.15, 0.2) is 0 Å². The zero-order chi connectivity index (χ0) is 12.1. The van der Waals surface area contributed by atoms with E-state index in [-0.39, 0.29) is 5.92 Å². The fourth-order valence-electron chi connectivity index (χ4n) is 2.50. The highest BCUT2D eigenvalue weighted by atomic mass is 16.4. The van der Waals surface area contributed by atoms with E-state index >= 15 is 0 Å². The summed E-state index contributed by atoms with van der Waals surface area (Å²) >= 11 is 0. The standard InChI is InChI=1S/C15H18O2/c16-15(17)14(13-9-5-2-6-10-13)11-12-7-3-1-4-8-12/h1,3-4,7-8,11,13H,2,5-6,9-10H2,(H,16,17)/b14-11+. The van der Waals surface area contributed by atoms with E-state index in [2.05, 4.69) is 0 Å². The molecule has 2 rings (SSSR count). The van der Waals surface area contributed by atoms with E-state index < -0.39 is 5.97 Å². The molecule has 0 aliphatic heterocycles. The van der Waals surface area contributed by atoms with Crippen LogP contribution in [0.1, 0.15) is 37.7 Å². The molecule has 1 fully saturated rings. The second-order valence-corrected chi connectivity index (χ2v) is 4.65. The summed E-state index contributed by atoms with van der Waals surface area (Å²) in [5, 5.41) is 9.32. The molecule has 0 saturated heterocycles. The Morgan fingerprint density at radius 1 is 1.12 bits per heavy atom. The molecule has 0 atom stereocenters. The fourth-order valence-corrected chi connectivity index (χ4v) is 2.50. The van der Waals surface area contributed by atoms with Gasteiger partial charge in [0.1, 0.15) is 0 Å². The number of aliphatic carboxylic acids is 1. The third-order valence-corrected chi connectivity index (χ3v) is 3.41. The van der Waals surface area contributed by atoms with E-state index in [4.69, 9.17) is 0 Å². The second kappa shape index (κ2) is 5.67. The summed E-state index contributed by atoms with van der Waals surface area (Å²) in [5.41, 5.74) is 1.56. The Balaban J connectivity index is 2.22. The Morgan fingerprint density at radius 2 is 1.76 bits per heavy atom. The molecule has 0 spiro atoms. The minimum absolute atomic E-state index is 0.237. The molecule has 17 heavy (non-hydrogen) atoms. The summed E-state index contributed by atoms with van der Waals surface area (Å²) in [6.07, 6.45) is 7.43. The van der Waals surface area contributed by atoms with Crippen molar-refractivity contribution in [3.8, 4) is 0 Å². The van der Waals surface area contributed by atoms with Crippen molar-refractivity contribution in [1.29, 1.82) is 0 Å². The molecule has 1 aliphatic carbocycles. The molecule has 90 valence electrons. The maximum Gasteiger partial charge on any atom is 0.331 e. The first-order valence-corrected chi connectivity index (χ1v) is 6.27. The van der Waals surface area contributed by atoms with E-state index in [1.54, 1.807) is 0 Å². The Morgan fingerprint density at radius 3 is 2.35 bits per heavy atom. The largest absolute Gasteiger partial charge is 0.478 e. The van der Waals surface area contributed by atoms with Gasteiger partial charge in [-0.15, -0.1) is 0 Å². The number of benzene rings is 1. The van der Waals surface area contributed by atoms with E-state index in [0.29, 0.717) is 5.57 Å². The van der Waals surface area contributed by atoms with Crippen molar-refractivity contribution < 1.29 is 9.90 Å². The molecule has 2 heteroatoms. The van der Waals surface area contributed by atoms with Gasteiger partial charge in [-0.2, -0.15) is 0 Å². The summed E-state index contributed by atoms with van der Waals surface area (Å²) in [6.45, 7) is 0. The van der Waals surface area contributed by atoms with Crippen molar-refractivity contribution in [3.05, 3.63) is 41.5 Å². The maximum atomic E-state index is 11.3. The van der Waals surface area contributed by atoms with Crippen molar-refractivity contribution in [2.24, 2.45) is 5.92 Å². The molecule has 0 heterocycles. The molecule has 2 nitrogen and oxygen atoms in total. The van der Waals surface area contributed by atoms with Crippen molar-refractivity contribution in [2.75, 3.05) is 0 Å². The first-order chi connectivity index (χ1) is 8.27. The van der Waals surface area contributed by atoms with Gasteiger partial charge in [-0.25, -0.2) is 4.79 Å². The minimum atomic E-state index is -0.763. The first-order valence-electron chi connectivity index (χ1n) is 6.27. The lowest BCUT2D eigenvalue weighted by atomic mass is 9.83. The molecule has 1 saturated carbocycles. The van der Waals surface area contributed by atoms with Crippen LogP contribution in [0.5, 0.6) is 0 Å². The van der Waals surface area contributed by atoms with Gasteiger partial charge in [-0.1, -0.05) is 49.6 Å². The van der Waals surface area contributed by atoms with Gasteiger partial charge >= 0.3 is 5.97 Å². The normalized spacial score (nSPS) is 18.0. The Kier molecular flexibility index (Phi) is 3.97. The quantitative estimate of drug-likeness (QED) is 0.803. The third kappa shape index (κ3) is 3.19. The van der Waals surface area contributed by atoms with Crippen LogP contribution in [-0.4, -0.2) is 11.1 Å². The van der Waals surface area contributed by atoms with Crippen LogP contribution in [0.4, 0.5) is 0 Å². The van der Waals surface area contributed by atoms with Crippen LogP contribution in [0.25, 0.3) is 6.08 Å². The molecule has 0 aromatic heterocycles. The SMILES string of the molecule is O=C(O)/C(=C/c1ccccc1)C1CCCCC1. The van der Waals surface area contributed by atoms with Gasteiger partial charge in [0.25, 0.3) is 0 Å². The van der Waals surface area contributed by atoms with Gasteiger partial charge in [0, 0.05) is 5.57 Å². The number of rotatable bonds is 3. The molecule has 1 N–H and O–H groups in total. The van der Waals surface area contributed by atoms with E-state index in [9.17, 15) is 9.90 Å². The monoisotopic (exact) mass is 230 g/mol. The lowest BCUT2D eigenvalue weighted by Crippen LogP contribution is -2.15. The van der Waals surface area contributed by atoms with E-state index in [1.165, 1.54) is 6.42 Å². The predicted molar refractivity (Wildman–Crippen MR) is 68.6 cm³/mol. The molecule has 1 aliphatic rings. The number of carbonyl (C=O) groups is 1. The molecule has 0 radical (unpaired) electrons. The molecule has 1 aromatic carbocycles. The van der Waals surface area contributed by atoms with Gasteiger partial charge in [0.2, 0.25) is 0 Å². The van der Waals surface area contributed by atoms with Crippen LogP contribution in [0.15, 0.2) is 35.9 Å². The second-order valence-electron chi connectivity index (χ2n) is 4.65. The average molecular weight is 230 g/mol. The Bertz CT molecular complexity index is 400. The van der Waals surface area contributed by atoms with Crippen LogP contribution in [0.3, 0.4) is 0 Å². The fraction of sp³-hybridized carbons (Fsp3) is 0.400. The van der Waals surface area contributed by atoms with E-state index in [0.717, 1.165) is 31.2 Å². The highest BCUT2D eigenvalue weighted by Crippen LogP contribution is 2.30. The zero-order valence-electron chi connectivity index (χ0n) is 9.93. The highest BCUT2D eigenvalue weighted by Gasteiger charge is 2.22. The number of hydrogen-bond donors (Lipinski definition) is 1. The van der Waals surface area contributed by atoms with Crippen molar-refractivity contribution in [2.45, 2.75) is 32.1 Å². The van der Waals surface area contributed by atoms with Gasteiger partial charge in [-0.3, -0.25) is 0 Å². The van der Waals surface area contributed by atoms with Crippen LogP contribution in [0.2, 0.25) is 0 Å². The maximum absolute atomic E-state index is 11.3. The summed E-state index contributed by atoms with van der Waals surface area (Å²) in [7, 11) is 0. The average Bonchev–Trinajstić information content (AvgIpc) is 2.38. The summed E-state index contributed by atoms with van der Waals surface area (Å²) in [4.78, 5) is 11.3. The topological polar surface area (TPSA) is 37.3 Å². The number of hydrogen-bond acceptors (Lipinski definition) is 1. The number of carboxylic acid groups (broad SMARTS) is 1. The summed E-state index contributed by atoms with van der Waals surface area (Å²) in [6, 6.07) is 9.72. The highest BCUT2D eigenvalue weighted by molar-refractivity contribution is 5.92. The Hall–Kier alpha value is -1.57. The van der Waals surface area contributed by atoms with Crippen LogP contribution >= 0.6 is 0 Å². The number of carboxylic acids is 1. The third-order valence-electron chi connectivity index (χ3n) is 3.41. The van der Waals surface area contributed by atoms with Gasteiger partial charge < -0.3 is 5.11 Å². The molecular formula is C15H18O2. The van der Waals surface area contributed by atoms with Crippen molar-refractivity contribution in [1.82, 2.24) is 0 Å². The molecule has 0 unspecified atom stereocenters. The zero-order valence-corrected chi connectivity index (χ0v) is 9.93. The molecule has 0 bridgehead atoms. The van der Waals surface area contributed by atoms with Crippen LogP contribution in [0, 0.1) is 5.92 Å². The minimum Gasteiger partial charge on any atom is -0.478 e. The predicted octanol–water partition coefficient (Wildman–Crippen LogP) is 3.73. The summed E-state index contributed by atoms with van der Waals surface area (Å²) < 4.78 is 0. The molecule has 1 aromatic rings. The first kappa shape index (κ1) is 11.9. The van der Waals surface area contributed by atoms with Gasteiger partial charge in [-0.05, 0) is 30.4 Å². The Labute approximate surface area is 102 Å². The van der Waals surface area contributed by atoms with Crippen LogP contribution in [-0.2, 0) is 4.79 Å². The molecular weight excluding hydrogens is 212 g/mol. The summed E-state index contributed by atoms with van der Waals surface area (Å²) in [5.74, 6) is -0.526. The lowest BCUT2D eigenvalue weighted by molar-refractivity contribution is -0.133. The smallest absolute Gasteiger partial charge is 0.331 e. The van der Waals surface area contributed by atoms with Gasteiger partial charge in [0.05, 0.1) is 0 Å². The van der Waals surface area contributed by atoms with Crippen LogP contribution < -0.4 is 0 Å². The van der Waals surface area contributed by atoms with Crippen molar-refractivity contribution >= 4 is 12.0 Å². The molecule has 0 amide bonds.